The molecule has 1 amide bonds. The monoisotopic (exact) mass is 435 g/mol. The Balaban J connectivity index is 1.58. The van der Waals surface area contributed by atoms with E-state index in [0.29, 0.717) is 10.0 Å². The number of carbonyl (C=O) groups excluding carboxylic acids is 1. The van der Waals surface area contributed by atoms with Gasteiger partial charge >= 0.3 is 0 Å². The fraction of sp³-hybridized carbons (Fsp3) is 0.409. The van der Waals surface area contributed by atoms with E-state index in [1.807, 2.05) is 31.2 Å². The van der Waals surface area contributed by atoms with Gasteiger partial charge < -0.3 is 15.4 Å². The molecule has 1 saturated heterocycles. The van der Waals surface area contributed by atoms with Crippen LogP contribution in [0.4, 0.5) is 0 Å². The van der Waals surface area contributed by atoms with Crippen molar-refractivity contribution >= 4 is 29.1 Å². The highest BCUT2D eigenvalue weighted by atomic mass is 35.5. The van der Waals surface area contributed by atoms with Crippen LogP contribution in [-0.4, -0.2) is 50.2 Å². The molecule has 2 atom stereocenters. The van der Waals surface area contributed by atoms with Crippen LogP contribution in [0.5, 0.6) is 0 Å². The minimum atomic E-state index is -0.205. The SMILES string of the molecule is CC(NC(=O)CNC(CN1CCOCC1)c1ccccc1)c1ccc(Cl)cc1Cl. The van der Waals surface area contributed by atoms with E-state index in [9.17, 15) is 4.79 Å². The molecule has 0 saturated carbocycles. The predicted molar refractivity (Wildman–Crippen MR) is 117 cm³/mol. The summed E-state index contributed by atoms with van der Waals surface area (Å²) < 4.78 is 5.44. The summed E-state index contributed by atoms with van der Waals surface area (Å²) in [4.78, 5) is 14.9. The van der Waals surface area contributed by atoms with E-state index < -0.39 is 0 Å². The topological polar surface area (TPSA) is 53.6 Å². The third-order valence-electron chi connectivity index (χ3n) is 5.06. The normalized spacial score (nSPS) is 16.9. The first-order valence-corrected chi connectivity index (χ1v) is 10.6. The number of halogens is 2. The highest BCUT2D eigenvalue weighted by Crippen LogP contribution is 2.26. The highest BCUT2D eigenvalue weighted by molar-refractivity contribution is 6.35. The molecule has 1 aliphatic rings. The van der Waals surface area contributed by atoms with Crippen molar-refractivity contribution < 1.29 is 9.53 Å². The maximum Gasteiger partial charge on any atom is 0.234 e. The molecule has 2 unspecified atom stereocenters. The van der Waals surface area contributed by atoms with Crippen LogP contribution in [0, 0.1) is 0 Å². The van der Waals surface area contributed by atoms with Crippen molar-refractivity contribution in [2.24, 2.45) is 0 Å². The summed E-state index contributed by atoms with van der Waals surface area (Å²) in [5.41, 5.74) is 2.01. The Bertz CT molecular complexity index is 798. The fourth-order valence-corrected chi connectivity index (χ4v) is 4.03. The van der Waals surface area contributed by atoms with Crippen LogP contribution in [0.2, 0.25) is 10.0 Å². The van der Waals surface area contributed by atoms with Crippen LogP contribution in [0.25, 0.3) is 0 Å². The number of nitrogens with zero attached hydrogens (tertiary/aromatic N) is 1. The molecule has 5 nitrogen and oxygen atoms in total. The molecular weight excluding hydrogens is 409 g/mol. The molecule has 3 rings (SSSR count). The molecule has 1 heterocycles. The summed E-state index contributed by atoms with van der Waals surface area (Å²) in [6.07, 6.45) is 0. The van der Waals surface area contributed by atoms with Gasteiger partial charge in [0, 0.05) is 35.7 Å². The van der Waals surface area contributed by atoms with Crippen molar-refractivity contribution in [1.82, 2.24) is 15.5 Å². The molecule has 0 aliphatic carbocycles. The maximum absolute atomic E-state index is 12.6. The standard InChI is InChI=1S/C22H27Cl2N3O2/c1-16(19-8-7-18(23)13-20(19)24)26-22(28)14-25-21(17-5-3-2-4-6-17)15-27-9-11-29-12-10-27/h2-8,13,16,21,25H,9-12,14-15H2,1H3,(H,26,28). The first-order valence-electron chi connectivity index (χ1n) is 9.85. The van der Waals surface area contributed by atoms with Gasteiger partial charge in [-0.05, 0) is 30.2 Å². The number of rotatable bonds is 8. The number of hydrogen-bond acceptors (Lipinski definition) is 4. The quantitative estimate of drug-likeness (QED) is 0.661. The summed E-state index contributed by atoms with van der Waals surface area (Å²) in [7, 11) is 0. The molecular formula is C22H27Cl2N3O2. The number of hydrogen-bond donors (Lipinski definition) is 2. The van der Waals surface area contributed by atoms with Gasteiger partial charge in [0.05, 0.1) is 25.8 Å². The molecule has 7 heteroatoms. The molecule has 0 spiro atoms. The summed E-state index contributed by atoms with van der Waals surface area (Å²) >= 11 is 12.2. The van der Waals surface area contributed by atoms with Crippen molar-refractivity contribution in [3.63, 3.8) is 0 Å². The lowest BCUT2D eigenvalue weighted by molar-refractivity contribution is -0.121. The Kier molecular flexibility index (Phi) is 8.33. The summed E-state index contributed by atoms with van der Waals surface area (Å²) in [5, 5.41) is 7.54. The van der Waals surface area contributed by atoms with Crippen LogP contribution < -0.4 is 10.6 Å². The third-order valence-corrected chi connectivity index (χ3v) is 5.62. The van der Waals surface area contributed by atoms with Crippen molar-refractivity contribution in [2.45, 2.75) is 19.0 Å². The zero-order chi connectivity index (χ0) is 20.6. The van der Waals surface area contributed by atoms with Gasteiger partial charge in [0.1, 0.15) is 0 Å². The number of nitrogens with one attached hydrogen (secondary N) is 2. The number of carbonyl (C=O) groups is 1. The second-order valence-corrected chi connectivity index (χ2v) is 8.06. The lowest BCUT2D eigenvalue weighted by atomic mass is 10.1. The lowest BCUT2D eigenvalue weighted by Gasteiger charge is -2.31. The van der Waals surface area contributed by atoms with Crippen molar-refractivity contribution in [1.29, 1.82) is 0 Å². The Morgan fingerprint density at radius 3 is 2.55 bits per heavy atom. The molecule has 156 valence electrons. The zero-order valence-electron chi connectivity index (χ0n) is 16.5. The highest BCUT2D eigenvalue weighted by Gasteiger charge is 2.20. The van der Waals surface area contributed by atoms with E-state index in [2.05, 4.69) is 27.7 Å². The second-order valence-electron chi connectivity index (χ2n) is 7.21. The van der Waals surface area contributed by atoms with E-state index in [0.717, 1.165) is 38.4 Å². The van der Waals surface area contributed by atoms with Gasteiger partial charge in [0.25, 0.3) is 0 Å². The zero-order valence-corrected chi connectivity index (χ0v) is 18.0. The number of ether oxygens (including phenoxy) is 1. The smallest absolute Gasteiger partial charge is 0.234 e. The first kappa shape index (κ1) is 22.1. The van der Waals surface area contributed by atoms with Gasteiger partial charge in [-0.3, -0.25) is 9.69 Å². The van der Waals surface area contributed by atoms with Crippen LogP contribution in [0.1, 0.15) is 30.1 Å². The molecule has 2 aromatic carbocycles. The van der Waals surface area contributed by atoms with Gasteiger partial charge in [0.2, 0.25) is 5.91 Å². The van der Waals surface area contributed by atoms with Gasteiger partial charge in [-0.1, -0.05) is 59.6 Å². The van der Waals surface area contributed by atoms with Crippen LogP contribution in [-0.2, 0) is 9.53 Å². The van der Waals surface area contributed by atoms with Crippen molar-refractivity contribution in [3.05, 3.63) is 69.7 Å². The second kappa shape index (κ2) is 11.0. The molecule has 0 aromatic heterocycles. The fourth-order valence-electron chi connectivity index (χ4n) is 3.45. The van der Waals surface area contributed by atoms with E-state index in [-0.39, 0.29) is 24.5 Å². The van der Waals surface area contributed by atoms with Gasteiger partial charge in [-0.25, -0.2) is 0 Å². The Labute approximate surface area is 182 Å². The summed E-state index contributed by atoms with van der Waals surface area (Å²) in [6, 6.07) is 15.4. The number of benzene rings is 2. The van der Waals surface area contributed by atoms with Gasteiger partial charge in [-0.15, -0.1) is 0 Å². The maximum atomic E-state index is 12.6. The van der Waals surface area contributed by atoms with Gasteiger partial charge in [0.15, 0.2) is 0 Å². The average molecular weight is 436 g/mol. The van der Waals surface area contributed by atoms with Crippen molar-refractivity contribution in [3.8, 4) is 0 Å². The molecule has 0 bridgehead atoms. The van der Waals surface area contributed by atoms with E-state index in [4.69, 9.17) is 27.9 Å². The summed E-state index contributed by atoms with van der Waals surface area (Å²) in [5.74, 6) is -0.0774. The van der Waals surface area contributed by atoms with Crippen LogP contribution in [0.15, 0.2) is 48.5 Å². The Hall–Kier alpha value is -1.63. The van der Waals surface area contributed by atoms with E-state index in [1.54, 1.807) is 12.1 Å². The van der Waals surface area contributed by atoms with E-state index >= 15 is 0 Å². The molecule has 0 radical (unpaired) electrons. The molecule has 2 N–H and O–H groups in total. The Morgan fingerprint density at radius 1 is 1.14 bits per heavy atom. The van der Waals surface area contributed by atoms with E-state index in [1.165, 1.54) is 5.56 Å². The lowest BCUT2D eigenvalue weighted by Crippen LogP contribution is -2.44. The molecule has 1 aliphatic heterocycles. The van der Waals surface area contributed by atoms with Crippen molar-refractivity contribution in [2.75, 3.05) is 39.4 Å². The Morgan fingerprint density at radius 2 is 1.86 bits per heavy atom. The molecule has 29 heavy (non-hydrogen) atoms. The molecule has 2 aromatic rings. The number of morpholine rings is 1. The number of amides is 1. The van der Waals surface area contributed by atoms with Crippen LogP contribution >= 0.6 is 23.2 Å². The first-order chi connectivity index (χ1) is 14.0. The third kappa shape index (κ3) is 6.69. The largest absolute Gasteiger partial charge is 0.379 e. The average Bonchev–Trinajstić information content (AvgIpc) is 2.72. The summed E-state index contributed by atoms with van der Waals surface area (Å²) in [6.45, 7) is 6.28. The minimum Gasteiger partial charge on any atom is -0.379 e. The molecule has 1 fully saturated rings. The van der Waals surface area contributed by atoms with Gasteiger partial charge in [-0.2, -0.15) is 0 Å². The predicted octanol–water partition coefficient (Wildman–Crippen LogP) is 3.83. The van der Waals surface area contributed by atoms with Crippen LogP contribution in [0.3, 0.4) is 0 Å². The minimum absolute atomic E-state index is 0.0643.